The van der Waals surface area contributed by atoms with Crippen LogP contribution in [0.4, 0.5) is 5.82 Å². The first-order valence-corrected chi connectivity index (χ1v) is 10.0. The quantitative estimate of drug-likeness (QED) is 0.798. The molecule has 2 heterocycles. The number of hydrogen-bond acceptors (Lipinski definition) is 5. The summed E-state index contributed by atoms with van der Waals surface area (Å²) in [6.45, 7) is 6.49. The zero-order chi connectivity index (χ0) is 20.1. The molecule has 28 heavy (non-hydrogen) atoms. The Morgan fingerprint density at radius 3 is 2.71 bits per heavy atom. The monoisotopic (exact) mass is 381 g/mol. The highest BCUT2D eigenvalue weighted by atomic mass is 16.2. The second kappa shape index (κ2) is 9.15. The van der Waals surface area contributed by atoms with Crippen LogP contribution >= 0.6 is 0 Å². The third-order valence-electron chi connectivity index (χ3n) is 5.64. The minimum atomic E-state index is 0.0173. The standard InChI is InChI=1S/C22H31N5O/c1-16(2)19(13-17-7-5-4-6-8-17)22(28)27-12-10-18(14-27)26(3)15-21-24-11-9-20(23)25-21/h4-9,11,16,18-19H,10,12-15H2,1-3H3,(H2,23,24,25)/t18-,19+/m0/s1. The number of amides is 1. The van der Waals surface area contributed by atoms with Gasteiger partial charge in [-0.2, -0.15) is 0 Å². The van der Waals surface area contributed by atoms with Crippen LogP contribution in [0, 0.1) is 11.8 Å². The second-order valence-electron chi connectivity index (χ2n) is 8.08. The van der Waals surface area contributed by atoms with Crippen molar-refractivity contribution in [3.8, 4) is 0 Å². The first-order valence-electron chi connectivity index (χ1n) is 10.0. The molecule has 2 aromatic rings. The summed E-state index contributed by atoms with van der Waals surface area (Å²) >= 11 is 0. The maximum Gasteiger partial charge on any atom is 0.226 e. The van der Waals surface area contributed by atoms with E-state index >= 15 is 0 Å². The Labute approximate surface area is 167 Å². The third-order valence-corrected chi connectivity index (χ3v) is 5.64. The number of benzene rings is 1. The summed E-state index contributed by atoms with van der Waals surface area (Å²) < 4.78 is 0. The van der Waals surface area contributed by atoms with E-state index in [1.54, 1.807) is 12.3 Å². The van der Waals surface area contributed by atoms with Gasteiger partial charge in [0.05, 0.1) is 6.54 Å². The molecule has 0 radical (unpaired) electrons. The van der Waals surface area contributed by atoms with Crippen molar-refractivity contribution in [3.63, 3.8) is 0 Å². The van der Waals surface area contributed by atoms with Gasteiger partial charge in [-0.1, -0.05) is 44.2 Å². The number of carbonyl (C=O) groups excluding carboxylic acids is 1. The van der Waals surface area contributed by atoms with Crippen molar-refractivity contribution in [3.05, 3.63) is 54.0 Å². The SMILES string of the molecule is CC(C)[C@@H](Cc1ccccc1)C(=O)N1CC[C@H](N(C)Cc2nccc(N)n2)C1. The topological polar surface area (TPSA) is 75.4 Å². The Morgan fingerprint density at radius 1 is 1.29 bits per heavy atom. The molecule has 1 aromatic heterocycles. The van der Waals surface area contributed by atoms with E-state index in [-0.39, 0.29) is 11.8 Å². The smallest absolute Gasteiger partial charge is 0.226 e. The van der Waals surface area contributed by atoms with Gasteiger partial charge < -0.3 is 10.6 Å². The maximum absolute atomic E-state index is 13.2. The van der Waals surface area contributed by atoms with E-state index in [2.05, 4.69) is 47.9 Å². The summed E-state index contributed by atoms with van der Waals surface area (Å²) in [6.07, 6.45) is 3.46. The Bertz CT molecular complexity index is 780. The van der Waals surface area contributed by atoms with Crippen LogP contribution in [-0.4, -0.2) is 51.9 Å². The van der Waals surface area contributed by atoms with E-state index in [9.17, 15) is 4.79 Å². The lowest BCUT2D eigenvalue weighted by atomic mass is 9.88. The van der Waals surface area contributed by atoms with E-state index < -0.39 is 0 Å². The molecule has 3 rings (SSSR count). The summed E-state index contributed by atoms with van der Waals surface area (Å²) in [5, 5.41) is 0. The lowest BCUT2D eigenvalue weighted by Crippen LogP contribution is -2.40. The van der Waals surface area contributed by atoms with Gasteiger partial charge in [0.2, 0.25) is 5.91 Å². The largest absolute Gasteiger partial charge is 0.384 e. The van der Waals surface area contributed by atoms with Gasteiger partial charge in [0.25, 0.3) is 0 Å². The highest BCUT2D eigenvalue weighted by Crippen LogP contribution is 2.24. The number of likely N-dealkylation sites (tertiary alicyclic amines) is 1. The maximum atomic E-state index is 13.2. The number of hydrogen-bond donors (Lipinski definition) is 1. The molecule has 1 fully saturated rings. The molecule has 0 unspecified atom stereocenters. The van der Waals surface area contributed by atoms with Crippen molar-refractivity contribution in [2.45, 2.75) is 39.3 Å². The van der Waals surface area contributed by atoms with Gasteiger partial charge >= 0.3 is 0 Å². The van der Waals surface area contributed by atoms with Gasteiger partial charge in [-0.05, 0) is 37.4 Å². The Balaban J connectivity index is 1.60. The third kappa shape index (κ3) is 5.07. The van der Waals surface area contributed by atoms with Crippen LogP contribution in [0.5, 0.6) is 0 Å². The molecule has 1 aliphatic heterocycles. The first kappa shape index (κ1) is 20.3. The molecular weight excluding hydrogens is 350 g/mol. The molecule has 2 N–H and O–H groups in total. The number of anilines is 1. The minimum absolute atomic E-state index is 0.0173. The van der Waals surface area contributed by atoms with Crippen molar-refractivity contribution in [1.29, 1.82) is 0 Å². The fraction of sp³-hybridized carbons (Fsp3) is 0.500. The van der Waals surface area contributed by atoms with Gasteiger partial charge in [0, 0.05) is 31.2 Å². The van der Waals surface area contributed by atoms with Crippen LogP contribution in [0.3, 0.4) is 0 Å². The lowest BCUT2D eigenvalue weighted by molar-refractivity contribution is -0.136. The molecule has 150 valence electrons. The van der Waals surface area contributed by atoms with Gasteiger partial charge in [0.1, 0.15) is 11.6 Å². The summed E-state index contributed by atoms with van der Waals surface area (Å²) in [6, 6.07) is 12.3. The number of nitrogens with zero attached hydrogens (tertiary/aromatic N) is 4. The summed E-state index contributed by atoms with van der Waals surface area (Å²) in [7, 11) is 2.06. The van der Waals surface area contributed by atoms with Gasteiger partial charge in [-0.25, -0.2) is 9.97 Å². The molecule has 1 aromatic carbocycles. The molecule has 0 spiro atoms. The number of aromatic nitrogens is 2. The minimum Gasteiger partial charge on any atom is -0.384 e. The summed E-state index contributed by atoms with van der Waals surface area (Å²) in [4.78, 5) is 26.1. The highest BCUT2D eigenvalue weighted by molar-refractivity contribution is 5.79. The van der Waals surface area contributed by atoms with Crippen molar-refractivity contribution < 1.29 is 4.79 Å². The van der Waals surface area contributed by atoms with Crippen LogP contribution < -0.4 is 5.73 Å². The summed E-state index contributed by atoms with van der Waals surface area (Å²) in [5.74, 6) is 1.81. The Morgan fingerprint density at radius 2 is 2.04 bits per heavy atom. The van der Waals surface area contributed by atoms with E-state index in [1.807, 2.05) is 23.1 Å². The molecule has 1 amide bonds. The van der Waals surface area contributed by atoms with Crippen molar-refractivity contribution in [1.82, 2.24) is 19.8 Å². The molecule has 0 saturated carbocycles. The van der Waals surface area contributed by atoms with E-state index in [0.29, 0.717) is 24.3 Å². The molecule has 1 saturated heterocycles. The molecular formula is C22H31N5O. The lowest BCUT2D eigenvalue weighted by Gasteiger charge is -2.28. The number of nitrogen functional groups attached to an aromatic ring is 1. The number of carbonyl (C=O) groups is 1. The molecule has 6 nitrogen and oxygen atoms in total. The Kier molecular flexibility index (Phi) is 6.62. The average Bonchev–Trinajstić information content (AvgIpc) is 3.16. The first-order chi connectivity index (χ1) is 13.4. The number of nitrogens with two attached hydrogens (primary N) is 1. The molecule has 0 bridgehead atoms. The van der Waals surface area contributed by atoms with E-state index in [1.165, 1.54) is 5.56 Å². The van der Waals surface area contributed by atoms with Crippen molar-refractivity contribution >= 4 is 11.7 Å². The second-order valence-corrected chi connectivity index (χ2v) is 8.08. The van der Waals surface area contributed by atoms with E-state index in [4.69, 9.17) is 5.73 Å². The van der Waals surface area contributed by atoms with Gasteiger partial charge in [-0.3, -0.25) is 9.69 Å². The average molecular weight is 382 g/mol. The fourth-order valence-corrected chi connectivity index (χ4v) is 3.86. The molecule has 0 aliphatic carbocycles. The van der Waals surface area contributed by atoms with Gasteiger partial charge in [0.15, 0.2) is 0 Å². The zero-order valence-corrected chi connectivity index (χ0v) is 17.1. The zero-order valence-electron chi connectivity index (χ0n) is 17.1. The number of rotatable bonds is 7. The highest BCUT2D eigenvalue weighted by Gasteiger charge is 2.33. The predicted molar refractivity (Wildman–Crippen MR) is 111 cm³/mol. The van der Waals surface area contributed by atoms with Crippen LogP contribution in [0.25, 0.3) is 0 Å². The van der Waals surface area contributed by atoms with Gasteiger partial charge in [-0.15, -0.1) is 0 Å². The van der Waals surface area contributed by atoms with Crippen LogP contribution in [-0.2, 0) is 17.8 Å². The van der Waals surface area contributed by atoms with Crippen LogP contribution in [0.1, 0.15) is 31.7 Å². The van der Waals surface area contributed by atoms with Crippen molar-refractivity contribution in [2.24, 2.45) is 11.8 Å². The van der Waals surface area contributed by atoms with E-state index in [0.717, 1.165) is 31.8 Å². The predicted octanol–water partition coefficient (Wildman–Crippen LogP) is 2.61. The van der Waals surface area contributed by atoms with Crippen LogP contribution in [0.2, 0.25) is 0 Å². The molecule has 1 aliphatic rings. The summed E-state index contributed by atoms with van der Waals surface area (Å²) in [5.41, 5.74) is 6.98. The number of likely N-dealkylation sites (N-methyl/N-ethyl adjacent to an activating group) is 1. The normalized spacial score (nSPS) is 18.0. The molecule has 6 heteroatoms. The molecule has 2 atom stereocenters. The Hall–Kier alpha value is -2.47. The van der Waals surface area contributed by atoms with Crippen LogP contribution in [0.15, 0.2) is 42.6 Å². The van der Waals surface area contributed by atoms with Crippen molar-refractivity contribution in [2.75, 3.05) is 25.9 Å². The fourth-order valence-electron chi connectivity index (χ4n) is 3.86.